The van der Waals surface area contributed by atoms with Crippen molar-refractivity contribution in [1.82, 2.24) is 14.9 Å². The van der Waals surface area contributed by atoms with Crippen molar-refractivity contribution in [3.63, 3.8) is 0 Å². The second-order valence-electron chi connectivity index (χ2n) is 7.10. The molecule has 7 nitrogen and oxygen atoms in total. The van der Waals surface area contributed by atoms with Crippen LogP contribution in [0.4, 0.5) is 0 Å². The highest BCUT2D eigenvalue weighted by Crippen LogP contribution is 2.20. The Labute approximate surface area is 188 Å². The molecule has 1 N–H and O–H groups in total. The van der Waals surface area contributed by atoms with Crippen LogP contribution in [0.15, 0.2) is 70.8 Å². The monoisotopic (exact) mass is 447 g/mol. The number of hydrogen-bond acceptors (Lipinski definition) is 6. The molecular weight excluding hydrogens is 426 g/mol. The van der Waals surface area contributed by atoms with Crippen LogP contribution in [0.5, 0.6) is 0 Å². The lowest BCUT2D eigenvalue weighted by molar-refractivity contribution is 0.0672. The maximum absolute atomic E-state index is 13.5. The summed E-state index contributed by atoms with van der Waals surface area (Å²) in [6.07, 6.45) is 0. The van der Waals surface area contributed by atoms with Crippen molar-refractivity contribution in [2.24, 2.45) is 0 Å². The van der Waals surface area contributed by atoms with Gasteiger partial charge in [-0.2, -0.15) is 0 Å². The second kappa shape index (κ2) is 9.67. The van der Waals surface area contributed by atoms with Crippen molar-refractivity contribution in [3.8, 4) is 0 Å². The maximum atomic E-state index is 13.5. The van der Waals surface area contributed by atoms with Gasteiger partial charge in [0.1, 0.15) is 5.82 Å². The van der Waals surface area contributed by atoms with Crippen LogP contribution in [0.2, 0.25) is 0 Å². The molecule has 0 aliphatic carbocycles. The first kappa shape index (κ1) is 21.6. The van der Waals surface area contributed by atoms with Crippen LogP contribution in [0.3, 0.4) is 0 Å². The zero-order chi connectivity index (χ0) is 22.5. The summed E-state index contributed by atoms with van der Waals surface area (Å²) in [4.78, 5) is 48.3. The molecule has 0 aliphatic heterocycles. The molecule has 2 aromatic heterocycles. The van der Waals surface area contributed by atoms with E-state index in [9.17, 15) is 14.4 Å². The number of H-pyrrole nitrogens is 1. The van der Waals surface area contributed by atoms with Gasteiger partial charge in [0.2, 0.25) is 5.78 Å². The topological polar surface area (TPSA) is 92.4 Å². The Kier molecular flexibility index (Phi) is 6.53. The van der Waals surface area contributed by atoms with E-state index in [1.165, 1.54) is 16.2 Å². The van der Waals surface area contributed by atoms with Crippen LogP contribution in [0, 0.1) is 0 Å². The lowest BCUT2D eigenvalue weighted by Gasteiger charge is -2.23. The van der Waals surface area contributed by atoms with E-state index in [-0.39, 0.29) is 30.3 Å². The van der Waals surface area contributed by atoms with Gasteiger partial charge in [0.25, 0.3) is 11.5 Å². The predicted molar refractivity (Wildman–Crippen MR) is 123 cm³/mol. The van der Waals surface area contributed by atoms with E-state index < -0.39 is 0 Å². The molecule has 2 aromatic carbocycles. The third kappa shape index (κ3) is 4.51. The van der Waals surface area contributed by atoms with E-state index in [0.717, 1.165) is 0 Å². The maximum Gasteiger partial charge on any atom is 0.258 e. The standard InChI is InChI=1S/C24H21N3O4S/c1-31-13-12-27(15-21-25-19-10-5-4-9-18(19)23(29)26-21)24(30)17-8-3-2-7-16(17)22(28)20-11-6-14-32-20/h2-11,14H,12-13,15H2,1H3,(H,25,26,29). The van der Waals surface area contributed by atoms with Crippen LogP contribution >= 0.6 is 11.3 Å². The minimum atomic E-state index is -0.335. The summed E-state index contributed by atoms with van der Waals surface area (Å²) >= 11 is 1.33. The number of rotatable bonds is 8. The number of aromatic amines is 1. The number of methoxy groups -OCH3 is 1. The molecule has 0 aliphatic rings. The number of ether oxygens (including phenoxy) is 1. The van der Waals surface area contributed by atoms with Crippen molar-refractivity contribution in [2.45, 2.75) is 6.54 Å². The van der Waals surface area contributed by atoms with Crippen LogP contribution in [0.25, 0.3) is 10.9 Å². The predicted octanol–water partition coefficient (Wildman–Crippen LogP) is 3.50. The Morgan fingerprint density at radius 1 is 1.03 bits per heavy atom. The molecule has 0 saturated carbocycles. The summed E-state index contributed by atoms with van der Waals surface area (Å²) in [6.45, 7) is 0.641. The lowest BCUT2D eigenvalue weighted by Crippen LogP contribution is -2.35. The fraction of sp³-hybridized carbons (Fsp3) is 0.167. The number of para-hydroxylation sites is 1. The third-order valence-corrected chi connectivity index (χ3v) is 5.87. The van der Waals surface area contributed by atoms with Crippen molar-refractivity contribution in [3.05, 3.63) is 98.2 Å². The zero-order valence-electron chi connectivity index (χ0n) is 17.4. The van der Waals surface area contributed by atoms with Crippen molar-refractivity contribution in [2.75, 3.05) is 20.3 Å². The average Bonchev–Trinajstić information content (AvgIpc) is 3.36. The first-order valence-corrected chi connectivity index (χ1v) is 10.9. The highest BCUT2D eigenvalue weighted by molar-refractivity contribution is 7.12. The molecule has 4 rings (SSSR count). The van der Waals surface area contributed by atoms with Gasteiger partial charge in [-0.25, -0.2) is 4.98 Å². The fourth-order valence-electron chi connectivity index (χ4n) is 3.42. The highest BCUT2D eigenvalue weighted by Gasteiger charge is 2.23. The molecule has 2 heterocycles. The zero-order valence-corrected chi connectivity index (χ0v) is 18.2. The number of benzene rings is 2. The molecule has 32 heavy (non-hydrogen) atoms. The Morgan fingerprint density at radius 2 is 1.78 bits per heavy atom. The molecule has 0 spiro atoms. The molecule has 0 radical (unpaired) electrons. The number of carbonyl (C=O) groups is 2. The minimum absolute atomic E-state index is 0.0732. The SMILES string of the molecule is COCCN(Cc1nc2ccccc2c(=O)[nH]1)C(=O)c1ccccc1C(=O)c1cccs1. The number of amides is 1. The van der Waals surface area contributed by atoms with Crippen LogP contribution in [-0.4, -0.2) is 46.8 Å². The highest BCUT2D eigenvalue weighted by atomic mass is 32.1. The number of ketones is 1. The smallest absolute Gasteiger partial charge is 0.258 e. The summed E-state index contributed by atoms with van der Waals surface area (Å²) < 4.78 is 5.18. The number of carbonyl (C=O) groups excluding carboxylic acids is 2. The fourth-order valence-corrected chi connectivity index (χ4v) is 4.10. The normalized spacial score (nSPS) is 10.9. The molecular formula is C24H21N3O4S. The second-order valence-corrected chi connectivity index (χ2v) is 8.05. The van der Waals surface area contributed by atoms with E-state index >= 15 is 0 Å². The number of nitrogens with one attached hydrogen (secondary N) is 1. The molecule has 4 aromatic rings. The Morgan fingerprint density at radius 3 is 2.53 bits per heavy atom. The quantitative estimate of drug-likeness (QED) is 0.418. The Hall–Kier alpha value is -3.62. The summed E-state index contributed by atoms with van der Waals surface area (Å²) in [7, 11) is 1.55. The summed E-state index contributed by atoms with van der Waals surface area (Å²) in [5.74, 6) is -0.175. The van der Waals surface area contributed by atoms with E-state index in [1.807, 2.05) is 5.38 Å². The summed E-state index contributed by atoms with van der Waals surface area (Å²) in [5.41, 5.74) is 0.921. The number of aromatic nitrogens is 2. The minimum Gasteiger partial charge on any atom is -0.383 e. The molecule has 0 fully saturated rings. The van der Waals surface area contributed by atoms with Gasteiger partial charge in [0.15, 0.2) is 0 Å². The Balaban J connectivity index is 1.68. The summed E-state index contributed by atoms with van der Waals surface area (Å²) in [5, 5.41) is 2.31. The van der Waals surface area contributed by atoms with Crippen LogP contribution in [0.1, 0.15) is 31.4 Å². The van der Waals surface area contributed by atoms with Gasteiger partial charge < -0.3 is 14.6 Å². The molecule has 0 atom stereocenters. The molecule has 0 saturated heterocycles. The van der Waals surface area contributed by atoms with Gasteiger partial charge in [-0.15, -0.1) is 11.3 Å². The largest absolute Gasteiger partial charge is 0.383 e. The molecule has 162 valence electrons. The molecule has 0 bridgehead atoms. The van der Waals surface area contributed by atoms with Crippen molar-refractivity contribution >= 4 is 33.9 Å². The van der Waals surface area contributed by atoms with Crippen molar-refractivity contribution in [1.29, 1.82) is 0 Å². The van der Waals surface area contributed by atoms with E-state index in [2.05, 4.69) is 9.97 Å². The van der Waals surface area contributed by atoms with Gasteiger partial charge in [0, 0.05) is 19.2 Å². The van der Waals surface area contributed by atoms with Gasteiger partial charge in [-0.1, -0.05) is 36.4 Å². The number of thiophene rings is 1. The van der Waals surface area contributed by atoms with Crippen LogP contribution < -0.4 is 5.56 Å². The molecule has 1 amide bonds. The average molecular weight is 448 g/mol. The molecule has 0 unspecified atom stereocenters. The van der Waals surface area contributed by atoms with E-state index in [4.69, 9.17) is 4.74 Å². The van der Waals surface area contributed by atoms with Gasteiger partial charge in [0.05, 0.1) is 34.5 Å². The van der Waals surface area contributed by atoms with E-state index in [1.54, 1.807) is 67.8 Å². The third-order valence-electron chi connectivity index (χ3n) is 5.00. The Bertz CT molecular complexity index is 1310. The lowest BCUT2D eigenvalue weighted by atomic mass is 10.0. The van der Waals surface area contributed by atoms with Gasteiger partial charge in [-0.3, -0.25) is 14.4 Å². The first-order chi connectivity index (χ1) is 15.6. The van der Waals surface area contributed by atoms with Crippen molar-refractivity contribution < 1.29 is 14.3 Å². The summed E-state index contributed by atoms with van der Waals surface area (Å²) in [6, 6.07) is 17.3. The number of hydrogen-bond donors (Lipinski definition) is 1. The first-order valence-electron chi connectivity index (χ1n) is 10.0. The van der Waals surface area contributed by atoms with Gasteiger partial charge >= 0.3 is 0 Å². The van der Waals surface area contributed by atoms with Crippen LogP contribution in [-0.2, 0) is 11.3 Å². The van der Waals surface area contributed by atoms with Gasteiger partial charge in [-0.05, 0) is 29.6 Å². The number of nitrogens with zero attached hydrogens (tertiary/aromatic N) is 2. The van der Waals surface area contributed by atoms with E-state index in [0.29, 0.717) is 39.3 Å². The molecule has 8 heteroatoms. The number of fused-ring (bicyclic) bond motifs is 1.